The third-order valence-electron chi connectivity index (χ3n) is 2.19. The van der Waals surface area contributed by atoms with Gasteiger partial charge in [-0.05, 0) is 15.9 Å². The number of anilines is 2. The first kappa shape index (κ1) is 11.1. The standard InChI is InChI=1S/C8H11BrN6O/c9-5-3-12-8(14-10)13-7(5)15-2-1-11-6(16)4-15/h3H,1-2,4,10H2,(H,11,16)(H,12,13,14). The summed E-state index contributed by atoms with van der Waals surface area (Å²) >= 11 is 3.35. The van der Waals surface area contributed by atoms with Crippen LogP contribution in [0.5, 0.6) is 0 Å². The van der Waals surface area contributed by atoms with Crippen LogP contribution in [-0.4, -0.2) is 35.5 Å². The van der Waals surface area contributed by atoms with Crippen LogP contribution >= 0.6 is 15.9 Å². The van der Waals surface area contributed by atoms with E-state index in [4.69, 9.17) is 5.84 Å². The molecule has 0 aliphatic carbocycles. The third kappa shape index (κ3) is 2.22. The Morgan fingerprint density at radius 1 is 1.62 bits per heavy atom. The predicted molar refractivity (Wildman–Crippen MR) is 62.8 cm³/mol. The normalized spacial score (nSPS) is 15.9. The molecule has 0 aromatic carbocycles. The van der Waals surface area contributed by atoms with Gasteiger partial charge in [0.1, 0.15) is 5.82 Å². The topological polar surface area (TPSA) is 96.2 Å². The van der Waals surface area contributed by atoms with E-state index >= 15 is 0 Å². The summed E-state index contributed by atoms with van der Waals surface area (Å²) in [5.41, 5.74) is 2.37. The SMILES string of the molecule is NNc1ncc(Br)c(N2CCNC(=O)C2)n1. The Hall–Kier alpha value is -1.41. The Kier molecular flexibility index (Phi) is 3.20. The number of hydrazine groups is 1. The molecule has 1 aromatic rings. The van der Waals surface area contributed by atoms with E-state index in [0.717, 1.165) is 4.47 Å². The number of nitrogens with zero attached hydrogens (tertiary/aromatic N) is 3. The van der Waals surface area contributed by atoms with Gasteiger partial charge in [0.25, 0.3) is 0 Å². The first-order valence-electron chi connectivity index (χ1n) is 4.71. The Morgan fingerprint density at radius 2 is 2.44 bits per heavy atom. The second-order valence-electron chi connectivity index (χ2n) is 3.28. The van der Waals surface area contributed by atoms with Crippen LogP contribution in [0, 0.1) is 0 Å². The van der Waals surface area contributed by atoms with Gasteiger partial charge in [0.2, 0.25) is 11.9 Å². The zero-order valence-electron chi connectivity index (χ0n) is 8.40. The largest absolute Gasteiger partial charge is 0.353 e. The van der Waals surface area contributed by atoms with E-state index in [0.29, 0.717) is 31.4 Å². The molecule has 16 heavy (non-hydrogen) atoms. The van der Waals surface area contributed by atoms with Gasteiger partial charge in [-0.2, -0.15) is 4.98 Å². The molecular weight excluding hydrogens is 276 g/mol. The first-order valence-corrected chi connectivity index (χ1v) is 5.51. The van der Waals surface area contributed by atoms with Crippen molar-refractivity contribution in [3.8, 4) is 0 Å². The maximum Gasteiger partial charge on any atom is 0.239 e. The second-order valence-corrected chi connectivity index (χ2v) is 4.14. The minimum Gasteiger partial charge on any atom is -0.353 e. The zero-order chi connectivity index (χ0) is 11.5. The third-order valence-corrected chi connectivity index (χ3v) is 2.75. The summed E-state index contributed by atoms with van der Waals surface area (Å²) in [6.07, 6.45) is 1.60. The summed E-state index contributed by atoms with van der Waals surface area (Å²) < 4.78 is 0.737. The fourth-order valence-corrected chi connectivity index (χ4v) is 1.91. The summed E-state index contributed by atoms with van der Waals surface area (Å²) in [6.45, 7) is 1.62. The molecule has 8 heteroatoms. The van der Waals surface area contributed by atoms with E-state index in [-0.39, 0.29) is 5.91 Å². The highest BCUT2D eigenvalue weighted by Gasteiger charge is 2.20. The van der Waals surface area contributed by atoms with Gasteiger partial charge in [-0.3, -0.25) is 10.2 Å². The minimum absolute atomic E-state index is 0.0148. The lowest BCUT2D eigenvalue weighted by Crippen LogP contribution is -2.48. The molecule has 1 aliphatic rings. The summed E-state index contributed by atoms with van der Waals surface area (Å²) in [5.74, 6) is 6.21. The van der Waals surface area contributed by atoms with Gasteiger partial charge in [-0.15, -0.1) is 0 Å². The number of rotatable bonds is 2. The molecule has 2 rings (SSSR count). The Morgan fingerprint density at radius 3 is 3.12 bits per heavy atom. The summed E-state index contributed by atoms with van der Waals surface area (Å²) in [6, 6.07) is 0. The van der Waals surface area contributed by atoms with E-state index < -0.39 is 0 Å². The lowest BCUT2D eigenvalue weighted by molar-refractivity contribution is -0.120. The number of nitrogens with one attached hydrogen (secondary N) is 2. The number of carbonyl (C=O) groups is 1. The molecule has 86 valence electrons. The van der Waals surface area contributed by atoms with Crippen molar-refractivity contribution in [3.05, 3.63) is 10.7 Å². The molecule has 1 amide bonds. The number of nitrogens with two attached hydrogens (primary N) is 1. The smallest absolute Gasteiger partial charge is 0.239 e. The molecule has 1 aliphatic heterocycles. The number of piperazine rings is 1. The van der Waals surface area contributed by atoms with E-state index in [2.05, 4.69) is 36.6 Å². The van der Waals surface area contributed by atoms with Crippen molar-refractivity contribution in [1.29, 1.82) is 0 Å². The molecule has 1 aromatic heterocycles. The number of hydrogen-bond acceptors (Lipinski definition) is 6. The van der Waals surface area contributed by atoms with Crippen molar-refractivity contribution in [2.75, 3.05) is 30.0 Å². The van der Waals surface area contributed by atoms with Gasteiger partial charge in [-0.25, -0.2) is 10.8 Å². The van der Waals surface area contributed by atoms with Gasteiger partial charge in [0.15, 0.2) is 0 Å². The highest BCUT2D eigenvalue weighted by atomic mass is 79.9. The van der Waals surface area contributed by atoms with Crippen molar-refractivity contribution in [1.82, 2.24) is 15.3 Å². The fraction of sp³-hybridized carbons (Fsp3) is 0.375. The van der Waals surface area contributed by atoms with Crippen molar-refractivity contribution in [2.24, 2.45) is 5.84 Å². The van der Waals surface area contributed by atoms with E-state index in [1.54, 1.807) is 6.20 Å². The van der Waals surface area contributed by atoms with Crippen molar-refractivity contribution in [3.63, 3.8) is 0 Å². The predicted octanol–water partition coefficient (Wildman–Crippen LogP) is -0.539. The molecule has 2 heterocycles. The first-order chi connectivity index (χ1) is 7.70. The Labute approximate surface area is 101 Å². The van der Waals surface area contributed by atoms with Crippen LogP contribution in [0.1, 0.15) is 0 Å². The summed E-state index contributed by atoms with van der Waals surface area (Å²) in [4.78, 5) is 21.3. The average molecular weight is 287 g/mol. The van der Waals surface area contributed by atoms with Crippen LogP contribution in [0.3, 0.4) is 0 Å². The summed E-state index contributed by atoms with van der Waals surface area (Å²) in [7, 11) is 0. The van der Waals surface area contributed by atoms with Crippen LogP contribution in [-0.2, 0) is 4.79 Å². The molecule has 0 unspecified atom stereocenters. The molecule has 1 fully saturated rings. The van der Waals surface area contributed by atoms with Crippen LogP contribution < -0.4 is 21.5 Å². The quantitative estimate of drug-likeness (QED) is 0.499. The average Bonchev–Trinajstić information content (AvgIpc) is 2.30. The molecule has 0 bridgehead atoms. The number of hydrogen-bond donors (Lipinski definition) is 3. The number of aromatic nitrogens is 2. The van der Waals surface area contributed by atoms with E-state index in [1.807, 2.05) is 4.90 Å². The molecule has 0 radical (unpaired) electrons. The molecule has 1 saturated heterocycles. The Balaban J connectivity index is 2.27. The zero-order valence-corrected chi connectivity index (χ0v) is 9.99. The van der Waals surface area contributed by atoms with Gasteiger partial charge >= 0.3 is 0 Å². The number of halogens is 1. The summed E-state index contributed by atoms with van der Waals surface area (Å²) in [5, 5.41) is 2.75. The van der Waals surface area contributed by atoms with Gasteiger partial charge in [-0.1, -0.05) is 0 Å². The van der Waals surface area contributed by atoms with Crippen molar-refractivity contribution in [2.45, 2.75) is 0 Å². The maximum atomic E-state index is 11.3. The molecule has 0 saturated carbocycles. The maximum absolute atomic E-state index is 11.3. The monoisotopic (exact) mass is 286 g/mol. The number of amides is 1. The molecule has 0 spiro atoms. The Bertz CT molecular complexity index is 412. The van der Waals surface area contributed by atoms with Crippen molar-refractivity contribution >= 4 is 33.6 Å². The van der Waals surface area contributed by atoms with Crippen LogP contribution in [0.2, 0.25) is 0 Å². The van der Waals surface area contributed by atoms with Crippen molar-refractivity contribution < 1.29 is 4.79 Å². The molecule has 4 N–H and O–H groups in total. The minimum atomic E-state index is -0.0148. The highest BCUT2D eigenvalue weighted by molar-refractivity contribution is 9.10. The van der Waals surface area contributed by atoms with E-state index in [9.17, 15) is 4.79 Å². The highest BCUT2D eigenvalue weighted by Crippen LogP contribution is 2.24. The van der Waals surface area contributed by atoms with Gasteiger partial charge in [0.05, 0.1) is 11.0 Å². The van der Waals surface area contributed by atoms with Crippen LogP contribution in [0.4, 0.5) is 11.8 Å². The molecule has 7 nitrogen and oxygen atoms in total. The fourth-order valence-electron chi connectivity index (χ4n) is 1.47. The second kappa shape index (κ2) is 4.62. The van der Waals surface area contributed by atoms with Gasteiger partial charge in [0, 0.05) is 19.3 Å². The van der Waals surface area contributed by atoms with E-state index in [1.165, 1.54) is 0 Å². The lowest BCUT2D eigenvalue weighted by Gasteiger charge is -2.28. The molecule has 0 atom stereocenters. The molecular formula is C8H11BrN6O. The number of carbonyl (C=O) groups excluding carboxylic acids is 1. The van der Waals surface area contributed by atoms with Crippen LogP contribution in [0.25, 0.3) is 0 Å². The van der Waals surface area contributed by atoms with Crippen LogP contribution in [0.15, 0.2) is 10.7 Å². The number of nitrogen functional groups attached to an aromatic ring is 1. The van der Waals surface area contributed by atoms with Gasteiger partial charge < -0.3 is 10.2 Å². The lowest BCUT2D eigenvalue weighted by atomic mass is 10.3.